The number of fused-ring (bicyclic) bond motifs is 5. The maximum atomic E-state index is 8.32. The van der Waals surface area contributed by atoms with Gasteiger partial charge in [0.25, 0.3) is 0 Å². The van der Waals surface area contributed by atoms with Crippen LogP contribution in [0.25, 0.3) is 53.9 Å². The van der Waals surface area contributed by atoms with Gasteiger partial charge in [0, 0.05) is 33.1 Å². The van der Waals surface area contributed by atoms with Crippen molar-refractivity contribution in [3.63, 3.8) is 0 Å². The van der Waals surface area contributed by atoms with Crippen molar-refractivity contribution in [3.8, 4) is 22.5 Å². The number of hydrogen-bond acceptors (Lipinski definition) is 4. The second-order valence-electron chi connectivity index (χ2n) is 12.3. The van der Waals surface area contributed by atoms with Crippen LogP contribution in [0.5, 0.6) is 0 Å². The van der Waals surface area contributed by atoms with Crippen LogP contribution in [0.2, 0.25) is 17.3 Å². The average molecular weight is 835 g/mol. The van der Waals surface area contributed by atoms with E-state index in [1.54, 1.807) is 17.5 Å². The first-order chi connectivity index (χ1) is 20.9. The third-order valence-electron chi connectivity index (χ3n) is 7.69. The zero-order valence-electron chi connectivity index (χ0n) is 27.1. The van der Waals surface area contributed by atoms with E-state index in [0.717, 1.165) is 54.7 Å². The summed E-state index contributed by atoms with van der Waals surface area (Å²) in [5, 5.41) is 2.25. The number of furan rings is 1. The summed E-state index contributed by atoms with van der Waals surface area (Å²) in [4.78, 5) is 9.16. The number of benzene rings is 3. The van der Waals surface area contributed by atoms with E-state index in [1.165, 1.54) is 20.2 Å². The molecule has 7 aromatic rings. The van der Waals surface area contributed by atoms with Gasteiger partial charge in [-0.2, -0.15) is 11.3 Å². The summed E-state index contributed by atoms with van der Waals surface area (Å²) in [5.41, 5.74) is 9.32. The van der Waals surface area contributed by atoms with Gasteiger partial charge in [0.1, 0.15) is 11.2 Å². The fourth-order valence-electron chi connectivity index (χ4n) is 5.45. The van der Waals surface area contributed by atoms with Crippen molar-refractivity contribution < 1.29 is 25.9 Å². The average Bonchev–Trinajstić information content (AvgIpc) is 3.53. The minimum absolute atomic E-state index is 0. The molecule has 4 aromatic heterocycles. The zero-order valence-corrected chi connectivity index (χ0v) is 31.4. The van der Waals surface area contributed by atoms with E-state index in [0.29, 0.717) is 0 Å². The molecular weight excluding hydrogens is 797 g/mol. The molecule has 0 spiro atoms. The summed E-state index contributed by atoms with van der Waals surface area (Å²) < 4.78 is 18.3. The van der Waals surface area contributed by atoms with Crippen LogP contribution in [-0.4, -0.2) is 23.2 Å². The number of rotatable bonds is 4. The molecule has 4 heterocycles. The zero-order chi connectivity index (χ0) is 31.2. The van der Waals surface area contributed by atoms with E-state index in [9.17, 15) is 0 Å². The number of pyridine rings is 2. The molecule has 0 bridgehead atoms. The van der Waals surface area contributed by atoms with Crippen LogP contribution in [-0.2, 0) is 20.1 Å². The molecule has 0 aliphatic carbocycles. The quantitative estimate of drug-likeness (QED) is 0.131. The molecule has 0 unspecified atom stereocenters. The molecule has 0 aliphatic rings. The van der Waals surface area contributed by atoms with E-state index in [4.69, 9.17) is 5.79 Å². The second-order valence-corrected chi connectivity index (χ2v) is 23.9. The molecule has 0 amide bonds. The summed E-state index contributed by atoms with van der Waals surface area (Å²) in [7, 11) is 0. The summed E-state index contributed by atoms with van der Waals surface area (Å²) in [6.07, 6.45) is 3.86. The van der Waals surface area contributed by atoms with E-state index < -0.39 is 19.2 Å². The van der Waals surface area contributed by atoms with E-state index >= 15 is 0 Å². The molecule has 44 heavy (non-hydrogen) atoms. The van der Waals surface area contributed by atoms with Crippen molar-refractivity contribution >= 4 is 60.3 Å². The van der Waals surface area contributed by atoms with Crippen LogP contribution in [0, 0.1) is 26.0 Å². The Morgan fingerprint density at radius 3 is 2.39 bits per heavy atom. The van der Waals surface area contributed by atoms with Crippen LogP contribution >= 0.6 is 11.3 Å². The van der Waals surface area contributed by atoms with E-state index in [-0.39, 0.29) is 20.1 Å². The molecule has 0 saturated heterocycles. The molecule has 6 heteroatoms. The van der Waals surface area contributed by atoms with Gasteiger partial charge in [0.2, 0.25) is 0 Å². The first kappa shape index (κ1) is 30.9. The normalized spacial score (nSPS) is 12.1. The second kappa shape index (κ2) is 13.1. The molecule has 7 rings (SSSR count). The Morgan fingerprint density at radius 1 is 0.864 bits per heavy atom. The fraction of sp³-hybridized carbons (Fsp3) is 0.211. The van der Waals surface area contributed by atoms with Gasteiger partial charge in [-0.25, -0.2) is 0 Å². The SMILES string of the molecule is Cc1cc(-c2[c-]cccc2)nc[c]1[Ge]([CH3])([CH3])[CH3].[2H]C(C)(C)c1ccnc(-c2[c-]ccc3c2sc2c4cc(C)ccc4oc32)c1.[Ir]. The maximum Gasteiger partial charge on any atom is 0.136 e. The van der Waals surface area contributed by atoms with Gasteiger partial charge >= 0.3 is 106 Å². The molecule has 0 aliphatic heterocycles. The van der Waals surface area contributed by atoms with Crippen LogP contribution in [0.4, 0.5) is 0 Å². The Bertz CT molecular complexity index is 2120. The maximum absolute atomic E-state index is 8.32. The Morgan fingerprint density at radius 2 is 1.68 bits per heavy atom. The molecule has 0 saturated carbocycles. The molecule has 3 aromatic carbocycles. The van der Waals surface area contributed by atoms with Crippen LogP contribution in [0.15, 0.2) is 89.6 Å². The minimum atomic E-state index is -1.77. The first-order valence-corrected chi connectivity index (χ1v) is 22.7. The van der Waals surface area contributed by atoms with Gasteiger partial charge in [0.15, 0.2) is 0 Å². The number of aromatic nitrogens is 2. The Labute approximate surface area is 281 Å². The predicted molar refractivity (Wildman–Crippen MR) is 186 cm³/mol. The van der Waals surface area contributed by atoms with Crippen molar-refractivity contribution in [1.29, 1.82) is 0 Å². The summed E-state index contributed by atoms with van der Waals surface area (Å²) in [6.45, 7) is 8.08. The van der Waals surface area contributed by atoms with Gasteiger partial charge in [-0.1, -0.05) is 37.1 Å². The fourth-order valence-corrected chi connectivity index (χ4v) is 10.3. The van der Waals surface area contributed by atoms with E-state index in [2.05, 4.69) is 89.7 Å². The van der Waals surface area contributed by atoms with Gasteiger partial charge in [-0.05, 0) is 46.8 Å². The van der Waals surface area contributed by atoms with Gasteiger partial charge in [-0.15, -0.1) is 23.8 Å². The number of hydrogen-bond donors (Lipinski definition) is 0. The van der Waals surface area contributed by atoms with Gasteiger partial charge < -0.3 is 9.40 Å². The van der Waals surface area contributed by atoms with Crippen LogP contribution < -0.4 is 4.40 Å². The third-order valence-corrected chi connectivity index (χ3v) is 13.4. The number of nitrogens with zero attached hydrogens (tertiary/aromatic N) is 2. The molecule has 0 fully saturated rings. The monoisotopic (exact) mass is 836 g/mol. The largest absolute Gasteiger partial charge is 0.456 e. The molecule has 0 N–H and O–H groups in total. The molecular formula is C38H36GeIrN2OS-2. The van der Waals surface area contributed by atoms with Crippen molar-refractivity contribution in [2.24, 2.45) is 0 Å². The molecule has 225 valence electrons. The van der Waals surface area contributed by atoms with Crippen molar-refractivity contribution in [2.45, 2.75) is 50.9 Å². The topological polar surface area (TPSA) is 38.9 Å². The molecule has 1 radical (unpaired) electrons. The molecule has 0 atom stereocenters. The third kappa shape index (κ3) is 6.48. The van der Waals surface area contributed by atoms with Crippen molar-refractivity contribution in [3.05, 3.63) is 114 Å². The standard InChI is InChI=1S/C23H18NOS.C15H18GeN.Ir/c1-13(2)15-9-10-24-19(12-15)16-5-4-6-17-21-23(26-22(16)17)18-11-14(3)7-8-20(18)25-21;1-12-10-15(13-8-6-5-7-9-13)17-11-14(12)16(2,3)4;/h4,6-13H,1-3H3;5-8,10-11H,1-4H3;/q2*-1;/i13D;;. The smallest absolute Gasteiger partial charge is 0.136 e. The number of thiophene rings is 1. The number of aryl methyl sites for hydroxylation is 2. The Hall–Kier alpha value is -3.09. The van der Waals surface area contributed by atoms with Crippen LogP contribution in [0.3, 0.4) is 0 Å². The minimum Gasteiger partial charge on any atom is -0.456 e. The van der Waals surface area contributed by atoms with Gasteiger partial charge in [0.05, 0.1) is 4.70 Å². The summed E-state index contributed by atoms with van der Waals surface area (Å²) in [5.74, 6) is 6.54. The summed E-state index contributed by atoms with van der Waals surface area (Å²) >= 11 is -0.0431. The Balaban J connectivity index is 0.000000193. The van der Waals surface area contributed by atoms with Crippen LogP contribution in [0.1, 0.15) is 37.8 Å². The van der Waals surface area contributed by atoms with E-state index in [1.807, 2.05) is 56.3 Å². The molecule has 3 nitrogen and oxygen atoms in total. The van der Waals surface area contributed by atoms with Crippen molar-refractivity contribution in [2.75, 3.05) is 0 Å². The Kier molecular flexibility index (Phi) is 9.21. The predicted octanol–water partition coefficient (Wildman–Crippen LogP) is 10.5. The van der Waals surface area contributed by atoms with Crippen molar-refractivity contribution in [1.82, 2.24) is 9.97 Å². The van der Waals surface area contributed by atoms with Gasteiger partial charge in [-0.3, -0.25) is 0 Å². The first-order valence-electron chi connectivity index (χ1n) is 15.1. The summed E-state index contributed by atoms with van der Waals surface area (Å²) in [6, 6.07) is 31.0.